The van der Waals surface area contributed by atoms with Crippen molar-refractivity contribution >= 4 is 17.3 Å². The van der Waals surface area contributed by atoms with Crippen LogP contribution in [-0.4, -0.2) is 20.3 Å². The summed E-state index contributed by atoms with van der Waals surface area (Å²) >= 11 is -2.69. The number of aryl methyl sites for hydroxylation is 1. The maximum Gasteiger partial charge on any atom is 0.306 e. The fourth-order valence-corrected chi connectivity index (χ4v) is 3.28. The van der Waals surface area contributed by atoms with Crippen LogP contribution in [-0.2, 0) is 25.1 Å². The summed E-state index contributed by atoms with van der Waals surface area (Å²) in [6, 6.07) is 7.51. The van der Waals surface area contributed by atoms with Gasteiger partial charge in [0.15, 0.2) is 0 Å². The maximum atomic E-state index is 12.4. The van der Waals surface area contributed by atoms with E-state index in [9.17, 15) is 13.6 Å². The van der Waals surface area contributed by atoms with E-state index in [1.54, 1.807) is 0 Å². The van der Waals surface area contributed by atoms with E-state index in [0.717, 1.165) is 11.1 Å². The van der Waals surface area contributed by atoms with Crippen LogP contribution < -0.4 is 0 Å². The maximum absolute atomic E-state index is 12.4. The molecule has 1 aromatic rings. The summed E-state index contributed by atoms with van der Waals surface area (Å²) in [7, 11) is 0. The van der Waals surface area contributed by atoms with E-state index < -0.39 is 23.1 Å². The molecule has 4 atom stereocenters. The average Bonchev–Trinajstić information content (AvgIpc) is 2.48. The van der Waals surface area contributed by atoms with E-state index in [1.807, 2.05) is 72.7 Å². The predicted molar refractivity (Wildman–Crippen MR) is 102 cm³/mol. The molecule has 5 nitrogen and oxygen atoms in total. The Bertz CT molecular complexity index is 604. The Morgan fingerprint density at radius 2 is 1.69 bits per heavy atom. The molecule has 0 aromatic heterocycles. The zero-order valence-electron chi connectivity index (χ0n) is 16.8. The number of carbonyl (C=O) groups excluding carboxylic acids is 1. The molecule has 0 saturated carbocycles. The molecular formula is C20H31O5S-. The van der Waals surface area contributed by atoms with Crippen molar-refractivity contribution in [1.29, 1.82) is 0 Å². The predicted octanol–water partition coefficient (Wildman–Crippen LogP) is 4.49. The largest absolute Gasteiger partial charge is 0.750 e. The van der Waals surface area contributed by atoms with Crippen LogP contribution >= 0.6 is 0 Å². The topological polar surface area (TPSA) is 75.7 Å². The Balaban J connectivity index is 3.21. The first-order chi connectivity index (χ1) is 11.9. The number of hydrogen-bond donors (Lipinski definition) is 0. The van der Waals surface area contributed by atoms with Crippen molar-refractivity contribution in [2.24, 2.45) is 17.8 Å². The summed E-state index contributed by atoms with van der Waals surface area (Å²) in [6.07, 6.45) is -0.648. The number of carbonyl (C=O) groups is 1. The molecule has 0 radical (unpaired) electrons. The van der Waals surface area contributed by atoms with Crippen LogP contribution in [0.5, 0.6) is 0 Å². The lowest BCUT2D eigenvalue weighted by molar-refractivity contribution is -0.157. The lowest BCUT2D eigenvalue weighted by Crippen LogP contribution is -2.32. The van der Waals surface area contributed by atoms with Gasteiger partial charge in [-0.3, -0.25) is 8.98 Å². The minimum atomic E-state index is -2.69. The number of hydrogen-bond acceptors (Lipinski definition) is 5. The third-order valence-corrected chi connectivity index (χ3v) is 4.89. The molecular weight excluding hydrogens is 352 g/mol. The van der Waals surface area contributed by atoms with E-state index >= 15 is 0 Å². The fourth-order valence-electron chi connectivity index (χ4n) is 2.85. The van der Waals surface area contributed by atoms with Gasteiger partial charge in [0.05, 0.1) is 17.8 Å². The van der Waals surface area contributed by atoms with Crippen LogP contribution in [0.4, 0.5) is 0 Å². The second kappa shape index (κ2) is 9.62. The molecule has 0 amide bonds. The Hall–Kier alpha value is -1.24. The number of ether oxygens (including phenoxy) is 1. The van der Waals surface area contributed by atoms with Crippen LogP contribution in [0.3, 0.4) is 0 Å². The molecule has 1 rings (SSSR count). The second-order valence-electron chi connectivity index (χ2n) is 8.19. The SMILES string of the molecule is Cc1ccc(C(OS(=O)[O-])C(CC(=O)OC(C)(C)C)C(C)C(C)C)cc1. The van der Waals surface area contributed by atoms with Crippen LogP contribution in [0, 0.1) is 24.7 Å². The van der Waals surface area contributed by atoms with Gasteiger partial charge in [0.2, 0.25) is 0 Å². The molecule has 0 bridgehead atoms. The number of benzene rings is 1. The van der Waals surface area contributed by atoms with Gasteiger partial charge in [-0.05, 0) is 45.1 Å². The zero-order chi connectivity index (χ0) is 20.1. The van der Waals surface area contributed by atoms with Crippen molar-refractivity contribution in [2.75, 3.05) is 0 Å². The molecule has 0 N–H and O–H groups in total. The average molecular weight is 384 g/mol. The zero-order valence-corrected chi connectivity index (χ0v) is 17.6. The highest BCUT2D eigenvalue weighted by molar-refractivity contribution is 7.74. The van der Waals surface area contributed by atoms with Crippen molar-refractivity contribution in [2.45, 2.75) is 66.6 Å². The summed E-state index contributed by atoms with van der Waals surface area (Å²) in [5, 5.41) is 0. The second-order valence-corrected chi connectivity index (χ2v) is 8.79. The fraction of sp³-hybridized carbons (Fsp3) is 0.650. The van der Waals surface area contributed by atoms with Crippen LogP contribution in [0.2, 0.25) is 0 Å². The van der Waals surface area contributed by atoms with E-state index in [2.05, 4.69) is 0 Å². The lowest BCUT2D eigenvalue weighted by Gasteiger charge is -2.34. The summed E-state index contributed by atoms with van der Waals surface area (Å²) in [5.41, 5.74) is 1.21. The van der Waals surface area contributed by atoms with Gasteiger partial charge in [0.1, 0.15) is 11.7 Å². The molecule has 0 aliphatic rings. The van der Waals surface area contributed by atoms with Crippen molar-refractivity contribution in [1.82, 2.24) is 0 Å². The van der Waals surface area contributed by atoms with Gasteiger partial charge in [-0.15, -0.1) is 0 Å². The highest BCUT2D eigenvalue weighted by Gasteiger charge is 2.34. The van der Waals surface area contributed by atoms with Crippen molar-refractivity contribution in [3.63, 3.8) is 0 Å². The molecule has 0 spiro atoms. The number of esters is 1. The van der Waals surface area contributed by atoms with Gasteiger partial charge in [-0.2, -0.15) is 0 Å². The highest BCUT2D eigenvalue weighted by Crippen LogP contribution is 2.38. The van der Waals surface area contributed by atoms with Crippen LogP contribution in [0.15, 0.2) is 24.3 Å². The van der Waals surface area contributed by atoms with Crippen LogP contribution in [0.25, 0.3) is 0 Å². The first kappa shape index (κ1) is 22.8. The smallest absolute Gasteiger partial charge is 0.306 e. The van der Waals surface area contributed by atoms with Gasteiger partial charge in [0.25, 0.3) is 0 Å². The standard InChI is InChI=1S/C20H32O5S/c1-13(2)15(4)17(12-18(21)24-20(5,6)7)19(25-26(22)23)16-10-8-14(3)9-11-16/h8-11,13,15,17,19H,12H2,1-7H3,(H,22,23)/p-1. The monoisotopic (exact) mass is 383 g/mol. The van der Waals surface area contributed by atoms with Crippen LogP contribution in [0.1, 0.15) is 65.2 Å². The van der Waals surface area contributed by atoms with Crippen molar-refractivity contribution < 1.29 is 22.5 Å². The van der Waals surface area contributed by atoms with Gasteiger partial charge in [0, 0.05) is 5.92 Å². The Morgan fingerprint density at radius 1 is 1.15 bits per heavy atom. The van der Waals surface area contributed by atoms with E-state index in [4.69, 9.17) is 8.92 Å². The summed E-state index contributed by atoms with van der Waals surface area (Å²) in [5.74, 6) is -0.380. The third-order valence-electron chi connectivity index (χ3n) is 4.53. The van der Waals surface area contributed by atoms with E-state index in [1.165, 1.54) is 0 Å². The van der Waals surface area contributed by atoms with Gasteiger partial charge in [-0.1, -0.05) is 50.6 Å². The molecule has 26 heavy (non-hydrogen) atoms. The Labute approximate surface area is 160 Å². The Kier molecular flexibility index (Phi) is 8.44. The summed E-state index contributed by atoms with van der Waals surface area (Å²) < 4.78 is 33.4. The molecule has 1 aromatic carbocycles. The molecule has 148 valence electrons. The molecule has 0 heterocycles. The first-order valence-electron chi connectivity index (χ1n) is 8.95. The molecule has 6 heteroatoms. The molecule has 0 saturated heterocycles. The molecule has 0 aliphatic heterocycles. The third kappa shape index (κ3) is 7.56. The first-order valence-corrected chi connectivity index (χ1v) is 9.95. The summed E-state index contributed by atoms with van der Waals surface area (Å²) in [6.45, 7) is 13.5. The van der Waals surface area contributed by atoms with E-state index in [-0.39, 0.29) is 30.1 Å². The quantitative estimate of drug-likeness (QED) is 0.488. The molecule has 0 aliphatic carbocycles. The molecule has 0 fully saturated rings. The van der Waals surface area contributed by atoms with Gasteiger partial charge >= 0.3 is 5.97 Å². The normalized spacial score (nSPS) is 16.8. The van der Waals surface area contributed by atoms with Crippen molar-refractivity contribution in [3.05, 3.63) is 35.4 Å². The highest BCUT2D eigenvalue weighted by atomic mass is 32.2. The van der Waals surface area contributed by atoms with Crippen molar-refractivity contribution in [3.8, 4) is 0 Å². The minimum absolute atomic E-state index is 0.0531. The number of rotatable bonds is 8. The summed E-state index contributed by atoms with van der Waals surface area (Å²) in [4.78, 5) is 12.4. The lowest BCUT2D eigenvalue weighted by atomic mass is 9.77. The van der Waals surface area contributed by atoms with E-state index in [0.29, 0.717) is 0 Å². The molecule has 4 unspecified atom stereocenters. The Morgan fingerprint density at radius 3 is 2.12 bits per heavy atom. The minimum Gasteiger partial charge on any atom is -0.750 e. The van der Waals surface area contributed by atoms with Gasteiger partial charge in [-0.25, -0.2) is 4.21 Å². The van der Waals surface area contributed by atoms with Gasteiger partial charge < -0.3 is 9.29 Å².